The van der Waals surface area contributed by atoms with Gasteiger partial charge in [-0.25, -0.2) is 0 Å². The van der Waals surface area contributed by atoms with E-state index in [9.17, 15) is 0 Å². The van der Waals surface area contributed by atoms with E-state index in [1.54, 1.807) is 0 Å². The summed E-state index contributed by atoms with van der Waals surface area (Å²) in [7, 11) is 0. The summed E-state index contributed by atoms with van der Waals surface area (Å²) in [6, 6.07) is 0.723. The summed E-state index contributed by atoms with van der Waals surface area (Å²) >= 11 is 5.68. The monoisotopic (exact) mass is 233 g/mol. The van der Waals surface area contributed by atoms with Gasteiger partial charge in [0, 0.05) is 18.5 Å². The summed E-state index contributed by atoms with van der Waals surface area (Å²) in [6.07, 6.45) is 9.02. The van der Waals surface area contributed by atoms with Crippen molar-refractivity contribution in [2.24, 2.45) is 0 Å². The van der Waals surface area contributed by atoms with Gasteiger partial charge in [0.05, 0.1) is 6.61 Å². The maximum Gasteiger partial charge on any atom is 0.0558 e. The fraction of sp³-hybridized carbons (Fsp3) is 1.00. The van der Waals surface area contributed by atoms with Gasteiger partial charge in [-0.15, -0.1) is 11.6 Å². The van der Waals surface area contributed by atoms with E-state index in [-0.39, 0.29) is 6.61 Å². The van der Waals surface area contributed by atoms with Crippen LogP contribution in [0.2, 0.25) is 0 Å². The summed E-state index contributed by atoms with van der Waals surface area (Å²) in [4.78, 5) is 2.46. The van der Waals surface area contributed by atoms with Crippen molar-refractivity contribution in [1.29, 1.82) is 0 Å². The summed E-state index contributed by atoms with van der Waals surface area (Å²) < 4.78 is 0. The van der Waals surface area contributed by atoms with Crippen LogP contribution >= 0.6 is 11.6 Å². The third-order valence-corrected chi connectivity index (χ3v) is 3.57. The first-order chi connectivity index (χ1) is 7.38. The number of hydrogen-bond acceptors (Lipinski definition) is 2. The minimum Gasteiger partial charge on any atom is -0.395 e. The van der Waals surface area contributed by atoms with Crippen LogP contribution in [0.1, 0.15) is 44.9 Å². The third-order valence-electron chi connectivity index (χ3n) is 3.31. The van der Waals surface area contributed by atoms with Gasteiger partial charge < -0.3 is 5.11 Å². The smallest absolute Gasteiger partial charge is 0.0558 e. The lowest BCUT2D eigenvalue weighted by molar-refractivity contribution is 0.122. The molecule has 1 rings (SSSR count). The van der Waals surface area contributed by atoms with E-state index >= 15 is 0 Å². The van der Waals surface area contributed by atoms with Crippen LogP contribution in [0.5, 0.6) is 0 Å². The molecule has 1 aliphatic carbocycles. The predicted molar refractivity (Wildman–Crippen MR) is 65.5 cm³/mol. The topological polar surface area (TPSA) is 23.5 Å². The molecule has 0 aromatic rings. The Morgan fingerprint density at radius 2 is 1.80 bits per heavy atom. The quantitative estimate of drug-likeness (QED) is 0.540. The van der Waals surface area contributed by atoms with E-state index < -0.39 is 0 Å². The van der Waals surface area contributed by atoms with Gasteiger partial charge in [0.2, 0.25) is 0 Å². The molecule has 0 spiro atoms. The Balaban J connectivity index is 2.26. The Bertz CT molecular complexity index is 149. The van der Waals surface area contributed by atoms with Crippen LogP contribution in [0.25, 0.3) is 0 Å². The maximum absolute atomic E-state index is 9.06. The van der Waals surface area contributed by atoms with Gasteiger partial charge in [0.15, 0.2) is 0 Å². The Hall–Kier alpha value is 0.210. The van der Waals surface area contributed by atoms with E-state index in [4.69, 9.17) is 16.7 Å². The number of hydrogen-bond donors (Lipinski definition) is 1. The number of alkyl halides is 1. The van der Waals surface area contributed by atoms with Gasteiger partial charge in [-0.2, -0.15) is 0 Å². The van der Waals surface area contributed by atoms with Crippen LogP contribution in [-0.4, -0.2) is 41.6 Å². The molecule has 0 aromatic heterocycles. The van der Waals surface area contributed by atoms with Gasteiger partial charge in [0.25, 0.3) is 0 Å². The van der Waals surface area contributed by atoms with Crippen molar-refractivity contribution in [3.05, 3.63) is 0 Å². The number of rotatable bonds is 7. The molecule has 0 saturated heterocycles. The van der Waals surface area contributed by atoms with Crippen LogP contribution < -0.4 is 0 Å². The SMILES string of the molecule is OCCN(CCCCCl)C1CCCCC1. The van der Waals surface area contributed by atoms with Gasteiger partial charge in [0.1, 0.15) is 0 Å². The highest BCUT2D eigenvalue weighted by molar-refractivity contribution is 6.17. The molecule has 0 radical (unpaired) electrons. The summed E-state index contributed by atoms with van der Waals surface area (Å²) in [5.41, 5.74) is 0. The first kappa shape index (κ1) is 13.3. The molecule has 1 aliphatic rings. The molecule has 3 heteroatoms. The molecule has 0 aliphatic heterocycles. The van der Waals surface area contributed by atoms with Crippen molar-refractivity contribution in [2.45, 2.75) is 51.0 Å². The molecule has 15 heavy (non-hydrogen) atoms. The second-order valence-corrected chi connectivity index (χ2v) is 4.83. The number of aliphatic hydroxyl groups is 1. The van der Waals surface area contributed by atoms with Gasteiger partial charge in [-0.3, -0.25) is 4.90 Å². The van der Waals surface area contributed by atoms with Crippen molar-refractivity contribution in [1.82, 2.24) is 4.90 Å². The zero-order chi connectivity index (χ0) is 10.9. The Morgan fingerprint density at radius 3 is 2.40 bits per heavy atom. The zero-order valence-corrected chi connectivity index (χ0v) is 10.4. The number of unbranched alkanes of at least 4 members (excludes halogenated alkanes) is 1. The highest BCUT2D eigenvalue weighted by Crippen LogP contribution is 2.22. The highest BCUT2D eigenvalue weighted by atomic mass is 35.5. The molecule has 90 valence electrons. The Morgan fingerprint density at radius 1 is 1.07 bits per heavy atom. The van der Waals surface area contributed by atoms with Gasteiger partial charge in [-0.05, 0) is 32.2 Å². The average molecular weight is 234 g/mol. The third kappa shape index (κ3) is 5.19. The van der Waals surface area contributed by atoms with Crippen LogP contribution in [0, 0.1) is 0 Å². The number of aliphatic hydroxyl groups excluding tert-OH is 1. The molecule has 0 unspecified atom stereocenters. The fourth-order valence-corrected chi connectivity index (χ4v) is 2.65. The van der Waals surface area contributed by atoms with Crippen LogP contribution in [0.15, 0.2) is 0 Å². The average Bonchev–Trinajstić information content (AvgIpc) is 2.29. The standard InChI is InChI=1S/C12H24ClNO/c13-8-4-5-9-14(10-11-15)12-6-2-1-3-7-12/h12,15H,1-11H2. The lowest BCUT2D eigenvalue weighted by Crippen LogP contribution is -2.39. The molecule has 0 bridgehead atoms. The Kier molecular flexibility index (Phi) is 7.41. The van der Waals surface area contributed by atoms with E-state index in [0.717, 1.165) is 31.4 Å². The van der Waals surface area contributed by atoms with Crippen molar-refractivity contribution in [3.8, 4) is 0 Å². The number of nitrogens with zero attached hydrogens (tertiary/aromatic N) is 1. The maximum atomic E-state index is 9.06. The lowest BCUT2D eigenvalue weighted by atomic mass is 9.94. The van der Waals surface area contributed by atoms with E-state index in [1.165, 1.54) is 38.5 Å². The summed E-state index contributed by atoms with van der Waals surface area (Å²) in [6.45, 7) is 2.24. The fourth-order valence-electron chi connectivity index (χ4n) is 2.46. The molecule has 1 fully saturated rings. The second kappa shape index (κ2) is 8.37. The molecule has 0 atom stereocenters. The molecular formula is C12H24ClNO. The molecule has 0 amide bonds. The molecule has 1 saturated carbocycles. The second-order valence-electron chi connectivity index (χ2n) is 4.45. The minimum absolute atomic E-state index is 0.289. The lowest BCUT2D eigenvalue weighted by Gasteiger charge is -2.33. The van der Waals surface area contributed by atoms with E-state index in [1.807, 2.05) is 0 Å². The number of halogens is 1. The molecule has 1 N–H and O–H groups in total. The summed E-state index contributed by atoms with van der Waals surface area (Å²) in [5.74, 6) is 0.762. The van der Waals surface area contributed by atoms with Gasteiger partial charge in [-0.1, -0.05) is 19.3 Å². The van der Waals surface area contributed by atoms with Crippen molar-refractivity contribution in [2.75, 3.05) is 25.6 Å². The molecule has 0 aromatic carbocycles. The predicted octanol–water partition coefficient (Wildman–Crippen LogP) is 2.63. The molecule has 2 nitrogen and oxygen atoms in total. The van der Waals surface area contributed by atoms with Crippen molar-refractivity contribution >= 4 is 11.6 Å². The molecular weight excluding hydrogens is 210 g/mol. The molecule has 0 heterocycles. The zero-order valence-electron chi connectivity index (χ0n) is 9.63. The minimum atomic E-state index is 0.289. The first-order valence-corrected chi connectivity index (χ1v) is 6.83. The van der Waals surface area contributed by atoms with Gasteiger partial charge >= 0.3 is 0 Å². The first-order valence-electron chi connectivity index (χ1n) is 6.29. The van der Waals surface area contributed by atoms with Crippen LogP contribution in [0.4, 0.5) is 0 Å². The normalized spacial score (nSPS) is 18.6. The Labute approximate surface area is 98.6 Å². The van der Waals surface area contributed by atoms with E-state index in [2.05, 4.69) is 4.90 Å². The van der Waals surface area contributed by atoms with Crippen molar-refractivity contribution < 1.29 is 5.11 Å². The highest BCUT2D eigenvalue weighted by Gasteiger charge is 2.19. The van der Waals surface area contributed by atoms with E-state index in [0.29, 0.717) is 0 Å². The summed E-state index contributed by atoms with van der Waals surface area (Å²) in [5, 5.41) is 9.06. The van der Waals surface area contributed by atoms with Crippen molar-refractivity contribution in [3.63, 3.8) is 0 Å². The van der Waals surface area contributed by atoms with Crippen LogP contribution in [0.3, 0.4) is 0 Å². The largest absolute Gasteiger partial charge is 0.395 e. The van der Waals surface area contributed by atoms with Crippen LogP contribution in [-0.2, 0) is 0 Å².